The Balaban J connectivity index is 2.22. The molecular weight excluding hydrogens is 255 g/mol. The van der Waals surface area contributed by atoms with E-state index in [0.29, 0.717) is 5.75 Å². The Hall–Kier alpha value is -0.870. The third kappa shape index (κ3) is 2.45. The van der Waals surface area contributed by atoms with Crippen LogP contribution in [-0.2, 0) is 4.57 Å². The van der Waals surface area contributed by atoms with Gasteiger partial charge in [0.2, 0.25) is 0 Å². The van der Waals surface area contributed by atoms with Gasteiger partial charge in [0.25, 0.3) is 7.37 Å². The lowest BCUT2D eigenvalue weighted by molar-refractivity contribution is -0.0611. The third-order valence-electron chi connectivity index (χ3n) is 3.19. The van der Waals surface area contributed by atoms with Gasteiger partial charge in [-0.1, -0.05) is 25.1 Å². The van der Waals surface area contributed by atoms with Crippen molar-refractivity contribution in [1.82, 2.24) is 0 Å². The van der Waals surface area contributed by atoms with Crippen molar-refractivity contribution in [3.05, 3.63) is 30.3 Å². The molecule has 0 unspecified atom stereocenters. The van der Waals surface area contributed by atoms with Gasteiger partial charge in [-0.3, -0.25) is 4.57 Å². The highest BCUT2D eigenvalue weighted by Crippen LogP contribution is 2.56. The van der Waals surface area contributed by atoms with E-state index >= 15 is 0 Å². The second kappa shape index (κ2) is 5.02. The Kier molecular flexibility index (Phi) is 3.78. The standard InChI is InChI=1S/C12H17O5P/c1-8-7-18(16,12(15)11(14)10(8)13)17-9-5-3-2-4-6-9/h2-6,8,10-15H,7H2,1H3/t8-,10+,11+,12-,18-/m0/s1. The summed E-state index contributed by atoms with van der Waals surface area (Å²) in [4.78, 5) is 0. The Morgan fingerprint density at radius 2 is 1.78 bits per heavy atom. The zero-order valence-corrected chi connectivity index (χ0v) is 10.9. The molecular formula is C12H17O5P. The molecule has 3 N–H and O–H groups in total. The summed E-state index contributed by atoms with van der Waals surface area (Å²) in [6.07, 6.45) is -2.48. The molecule has 100 valence electrons. The van der Waals surface area contributed by atoms with Gasteiger partial charge in [-0.15, -0.1) is 0 Å². The lowest BCUT2D eigenvalue weighted by Crippen LogP contribution is -2.48. The fraction of sp³-hybridized carbons (Fsp3) is 0.500. The minimum absolute atomic E-state index is 0.0429. The maximum absolute atomic E-state index is 12.6. The molecule has 0 aliphatic carbocycles. The van der Waals surface area contributed by atoms with Gasteiger partial charge in [-0.2, -0.15) is 0 Å². The first-order chi connectivity index (χ1) is 8.44. The van der Waals surface area contributed by atoms with Crippen LogP contribution in [0.4, 0.5) is 0 Å². The smallest absolute Gasteiger partial charge is 0.278 e. The highest BCUT2D eigenvalue weighted by Gasteiger charge is 2.49. The maximum Gasteiger partial charge on any atom is 0.278 e. The van der Waals surface area contributed by atoms with Gasteiger partial charge in [0.15, 0.2) is 5.85 Å². The van der Waals surface area contributed by atoms with Crippen LogP contribution in [0.3, 0.4) is 0 Å². The topological polar surface area (TPSA) is 87.0 Å². The van der Waals surface area contributed by atoms with E-state index in [-0.39, 0.29) is 6.16 Å². The molecule has 18 heavy (non-hydrogen) atoms. The van der Waals surface area contributed by atoms with Crippen LogP contribution < -0.4 is 4.52 Å². The van der Waals surface area contributed by atoms with E-state index in [0.717, 1.165) is 0 Å². The maximum atomic E-state index is 12.6. The lowest BCUT2D eigenvalue weighted by Gasteiger charge is -2.38. The van der Waals surface area contributed by atoms with E-state index in [9.17, 15) is 19.9 Å². The summed E-state index contributed by atoms with van der Waals surface area (Å²) in [5.41, 5.74) is 0. The number of rotatable bonds is 2. The van der Waals surface area contributed by atoms with Crippen molar-refractivity contribution < 1.29 is 24.4 Å². The SMILES string of the molecule is C[C@H]1C[P@](=O)(Oc2ccccc2)[C@H](O)[C@H](O)[C@@H]1O. The van der Waals surface area contributed by atoms with Crippen LogP contribution in [-0.4, -0.2) is 39.5 Å². The fourth-order valence-electron chi connectivity index (χ4n) is 2.11. The monoisotopic (exact) mass is 272 g/mol. The molecule has 1 aromatic rings. The molecule has 0 radical (unpaired) electrons. The van der Waals surface area contributed by atoms with E-state index in [4.69, 9.17) is 4.52 Å². The first-order valence-electron chi connectivity index (χ1n) is 5.81. The van der Waals surface area contributed by atoms with Gasteiger partial charge in [0, 0.05) is 6.16 Å². The molecule has 5 nitrogen and oxygen atoms in total. The summed E-state index contributed by atoms with van der Waals surface area (Å²) in [6, 6.07) is 8.52. The second-order valence-corrected chi connectivity index (χ2v) is 7.21. The highest BCUT2D eigenvalue weighted by atomic mass is 31.2. The zero-order chi connectivity index (χ0) is 13.3. The van der Waals surface area contributed by atoms with Gasteiger partial charge >= 0.3 is 0 Å². The third-order valence-corrected chi connectivity index (χ3v) is 5.90. The Morgan fingerprint density at radius 3 is 2.39 bits per heavy atom. The van der Waals surface area contributed by atoms with E-state index in [2.05, 4.69) is 0 Å². The number of hydrogen-bond acceptors (Lipinski definition) is 5. The molecule has 1 aromatic carbocycles. The molecule has 0 bridgehead atoms. The van der Waals surface area contributed by atoms with Gasteiger partial charge in [-0.25, -0.2) is 0 Å². The minimum atomic E-state index is -3.43. The Bertz CT molecular complexity index is 449. The van der Waals surface area contributed by atoms with E-state index in [1.807, 2.05) is 0 Å². The van der Waals surface area contributed by atoms with Crippen LogP contribution >= 0.6 is 7.37 Å². The van der Waals surface area contributed by atoms with Crippen LogP contribution in [0.5, 0.6) is 5.75 Å². The normalized spacial score (nSPS) is 40.4. The summed E-state index contributed by atoms with van der Waals surface area (Å²) in [5, 5.41) is 29.2. The summed E-state index contributed by atoms with van der Waals surface area (Å²) in [5.74, 6) is -1.56. The molecule has 0 aromatic heterocycles. The fourth-order valence-corrected chi connectivity index (χ4v) is 4.65. The number of benzene rings is 1. The van der Waals surface area contributed by atoms with Gasteiger partial charge < -0.3 is 19.8 Å². The van der Waals surface area contributed by atoms with Crippen LogP contribution in [0.25, 0.3) is 0 Å². The molecule has 1 heterocycles. The number of aliphatic hydroxyl groups is 3. The predicted octanol–water partition coefficient (Wildman–Crippen LogP) is 1.03. The summed E-state index contributed by atoms with van der Waals surface area (Å²) < 4.78 is 17.9. The molecule has 2 rings (SSSR count). The van der Waals surface area contributed by atoms with Gasteiger partial charge in [0.05, 0.1) is 6.10 Å². The Morgan fingerprint density at radius 1 is 1.17 bits per heavy atom. The largest absolute Gasteiger partial charge is 0.441 e. The lowest BCUT2D eigenvalue weighted by atomic mass is 10.0. The van der Waals surface area contributed by atoms with Crippen molar-refractivity contribution in [2.75, 3.05) is 6.16 Å². The first kappa shape index (κ1) is 13.6. The summed E-state index contributed by atoms with van der Waals surface area (Å²) >= 11 is 0. The first-order valence-corrected chi connectivity index (χ1v) is 7.69. The predicted molar refractivity (Wildman–Crippen MR) is 66.7 cm³/mol. The molecule has 0 spiro atoms. The van der Waals surface area contributed by atoms with E-state index in [1.54, 1.807) is 37.3 Å². The van der Waals surface area contributed by atoms with E-state index in [1.165, 1.54) is 0 Å². The van der Waals surface area contributed by atoms with Crippen LogP contribution in [0.1, 0.15) is 6.92 Å². The molecule has 5 atom stereocenters. The van der Waals surface area contributed by atoms with Crippen molar-refractivity contribution in [1.29, 1.82) is 0 Å². The van der Waals surface area contributed by atoms with Crippen LogP contribution in [0.15, 0.2) is 30.3 Å². The number of hydrogen-bond donors (Lipinski definition) is 3. The molecule has 1 fully saturated rings. The van der Waals surface area contributed by atoms with Crippen molar-refractivity contribution >= 4 is 7.37 Å². The van der Waals surface area contributed by atoms with Gasteiger partial charge in [-0.05, 0) is 18.1 Å². The van der Waals surface area contributed by atoms with Crippen LogP contribution in [0.2, 0.25) is 0 Å². The highest BCUT2D eigenvalue weighted by molar-refractivity contribution is 7.60. The van der Waals surface area contributed by atoms with Crippen molar-refractivity contribution in [2.24, 2.45) is 5.92 Å². The quantitative estimate of drug-likeness (QED) is 0.700. The van der Waals surface area contributed by atoms with Crippen molar-refractivity contribution in [2.45, 2.75) is 25.0 Å². The molecule has 1 saturated heterocycles. The van der Waals surface area contributed by atoms with Crippen molar-refractivity contribution in [3.8, 4) is 5.75 Å². The summed E-state index contributed by atoms with van der Waals surface area (Å²) in [6.45, 7) is 1.67. The van der Waals surface area contributed by atoms with Crippen LogP contribution in [0, 0.1) is 5.92 Å². The Labute approximate surface area is 105 Å². The zero-order valence-electron chi connectivity index (χ0n) is 10.0. The van der Waals surface area contributed by atoms with E-state index < -0.39 is 31.3 Å². The molecule has 0 amide bonds. The van der Waals surface area contributed by atoms with Gasteiger partial charge in [0.1, 0.15) is 11.9 Å². The molecule has 1 aliphatic rings. The molecule has 6 heteroatoms. The average molecular weight is 272 g/mol. The number of para-hydroxylation sites is 1. The molecule has 1 aliphatic heterocycles. The minimum Gasteiger partial charge on any atom is -0.441 e. The summed E-state index contributed by atoms with van der Waals surface area (Å²) in [7, 11) is -3.43. The molecule has 0 saturated carbocycles. The average Bonchev–Trinajstić information content (AvgIpc) is 2.35. The number of aliphatic hydroxyl groups excluding tert-OH is 3. The second-order valence-electron chi connectivity index (χ2n) is 4.69. The van der Waals surface area contributed by atoms with Crippen molar-refractivity contribution in [3.63, 3.8) is 0 Å².